The maximum atomic E-state index is 14.1. The molecule has 0 saturated heterocycles. The Bertz CT molecular complexity index is 760. The summed E-state index contributed by atoms with van der Waals surface area (Å²) in [6, 6.07) is 3.37. The molecule has 0 radical (unpaired) electrons. The number of halogens is 1. The fraction of sp³-hybridized carbons (Fsp3) is 0.741. The summed E-state index contributed by atoms with van der Waals surface area (Å²) in [5.41, 5.74) is 1.34. The Balaban J connectivity index is 1.05. The van der Waals surface area contributed by atoms with E-state index < -0.39 is 5.95 Å². The van der Waals surface area contributed by atoms with Crippen LogP contribution >= 0.6 is 0 Å². The second-order valence-corrected chi connectivity index (χ2v) is 10.6. The molecular formula is C27H38FNO2. The van der Waals surface area contributed by atoms with Crippen LogP contribution in [-0.2, 0) is 0 Å². The first-order chi connectivity index (χ1) is 15.2. The molecule has 3 fully saturated rings. The number of rotatable bonds is 8. The van der Waals surface area contributed by atoms with Gasteiger partial charge in [0.1, 0.15) is 6.61 Å². The first-order valence-corrected chi connectivity index (χ1v) is 12.8. The monoisotopic (exact) mass is 427 g/mol. The van der Waals surface area contributed by atoms with Crippen molar-refractivity contribution < 1.29 is 13.9 Å². The van der Waals surface area contributed by atoms with E-state index in [0.717, 1.165) is 30.1 Å². The van der Waals surface area contributed by atoms with Crippen molar-refractivity contribution in [1.82, 2.24) is 4.98 Å². The van der Waals surface area contributed by atoms with Crippen molar-refractivity contribution in [1.29, 1.82) is 0 Å². The van der Waals surface area contributed by atoms with Crippen molar-refractivity contribution in [2.24, 2.45) is 29.6 Å². The molecule has 3 nitrogen and oxygen atoms in total. The molecule has 0 aromatic carbocycles. The Morgan fingerprint density at radius 2 is 1.52 bits per heavy atom. The minimum atomic E-state index is -0.566. The van der Waals surface area contributed by atoms with E-state index in [9.17, 15) is 4.39 Å². The highest BCUT2D eigenvalue weighted by Gasteiger charge is 2.32. The van der Waals surface area contributed by atoms with E-state index in [-0.39, 0.29) is 5.75 Å². The van der Waals surface area contributed by atoms with Crippen molar-refractivity contribution in [2.75, 3.05) is 13.2 Å². The fourth-order valence-electron chi connectivity index (χ4n) is 6.24. The summed E-state index contributed by atoms with van der Waals surface area (Å²) < 4.78 is 25.4. The topological polar surface area (TPSA) is 31.4 Å². The second-order valence-electron chi connectivity index (χ2n) is 10.6. The van der Waals surface area contributed by atoms with Gasteiger partial charge in [0.15, 0.2) is 5.75 Å². The van der Waals surface area contributed by atoms with Gasteiger partial charge < -0.3 is 9.47 Å². The molecule has 1 unspecified atom stereocenters. The molecule has 0 amide bonds. The Labute approximate surface area is 186 Å². The molecule has 1 aromatic heterocycles. The van der Waals surface area contributed by atoms with Gasteiger partial charge in [0, 0.05) is 6.07 Å². The average Bonchev–Trinajstić information content (AvgIpc) is 3.48. The van der Waals surface area contributed by atoms with Gasteiger partial charge in [0.25, 0.3) is 5.95 Å². The predicted molar refractivity (Wildman–Crippen MR) is 121 cm³/mol. The third kappa shape index (κ3) is 5.62. The number of hydrogen-bond acceptors (Lipinski definition) is 3. The van der Waals surface area contributed by atoms with Gasteiger partial charge in [0.2, 0.25) is 5.88 Å². The van der Waals surface area contributed by atoms with E-state index in [4.69, 9.17) is 9.47 Å². The molecule has 5 rings (SSSR count). The lowest BCUT2D eigenvalue weighted by Crippen LogP contribution is -2.26. The number of hydrogen-bond donors (Lipinski definition) is 0. The molecule has 0 N–H and O–H groups in total. The predicted octanol–water partition coefficient (Wildman–Crippen LogP) is 7.11. The summed E-state index contributed by atoms with van der Waals surface area (Å²) >= 11 is 0. The van der Waals surface area contributed by atoms with E-state index in [0.29, 0.717) is 25.0 Å². The molecule has 1 heterocycles. The maximum absolute atomic E-state index is 14.1. The quantitative estimate of drug-likeness (QED) is 0.327. The van der Waals surface area contributed by atoms with Gasteiger partial charge in [-0.15, -0.1) is 0 Å². The number of allylic oxidation sites excluding steroid dienone is 1. The molecule has 3 saturated carbocycles. The Morgan fingerprint density at radius 3 is 2.16 bits per heavy atom. The highest BCUT2D eigenvalue weighted by Crippen LogP contribution is 2.44. The summed E-state index contributed by atoms with van der Waals surface area (Å²) in [5.74, 6) is 4.48. The molecule has 1 atom stereocenters. The van der Waals surface area contributed by atoms with E-state index >= 15 is 0 Å². The van der Waals surface area contributed by atoms with E-state index in [1.165, 1.54) is 82.6 Å². The van der Waals surface area contributed by atoms with Crippen LogP contribution in [0.15, 0.2) is 23.8 Å². The summed E-state index contributed by atoms with van der Waals surface area (Å²) in [5, 5.41) is 0. The van der Waals surface area contributed by atoms with Gasteiger partial charge in [-0.1, -0.05) is 31.8 Å². The van der Waals surface area contributed by atoms with E-state index in [1.807, 2.05) is 0 Å². The van der Waals surface area contributed by atoms with Gasteiger partial charge in [-0.3, -0.25) is 0 Å². The smallest absolute Gasteiger partial charge is 0.258 e. The standard InChI is InChI=1S/C27H38FNO2/c28-27-25(30-17-19-5-6-19)15-16-26(29-27)31-18-20-7-9-22(10-8-20)24-13-11-23(12-14-24)21-3-1-2-4-21/h7,15-16,19,21-24H,1-6,8-14,17-18H2. The molecular weight excluding hydrogens is 389 g/mol. The van der Waals surface area contributed by atoms with Crippen molar-refractivity contribution >= 4 is 0 Å². The SMILES string of the molecule is Fc1nc(OCC2=CCC(C3CCC(C4CCCC4)CC3)CC2)ccc1OCC1CC1. The lowest BCUT2D eigenvalue weighted by molar-refractivity contribution is 0.155. The van der Waals surface area contributed by atoms with Gasteiger partial charge in [-0.05, 0) is 99.0 Å². The Hall–Kier alpha value is -1.58. The van der Waals surface area contributed by atoms with Crippen LogP contribution in [0.1, 0.15) is 83.5 Å². The van der Waals surface area contributed by atoms with Crippen molar-refractivity contribution in [3.63, 3.8) is 0 Å². The van der Waals surface area contributed by atoms with Crippen LogP contribution in [0, 0.1) is 35.5 Å². The van der Waals surface area contributed by atoms with Crippen LogP contribution in [0.4, 0.5) is 4.39 Å². The van der Waals surface area contributed by atoms with Crippen LogP contribution in [0.2, 0.25) is 0 Å². The van der Waals surface area contributed by atoms with Gasteiger partial charge in [-0.25, -0.2) is 0 Å². The van der Waals surface area contributed by atoms with Crippen LogP contribution in [0.5, 0.6) is 11.6 Å². The highest BCUT2D eigenvalue weighted by atomic mass is 19.1. The highest BCUT2D eigenvalue weighted by molar-refractivity contribution is 5.25. The number of pyridine rings is 1. The summed E-state index contributed by atoms with van der Waals surface area (Å²) in [4.78, 5) is 3.94. The number of ether oxygens (including phenoxy) is 2. The van der Waals surface area contributed by atoms with Crippen LogP contribution < -0.4 is 9.47 Å². The molecule has 4 aliphatic carbocycles. The van der Waals surface area contributed by atoms with Gasteiger partial charge in [0.05, 0.1) is 6.61 Å². The number of aromatic nitrogens is 1. The largest absolute Gasteiger partial charge is 0.488 e. The zero-order chi connectivity index (χ0) is 21.0. The fourth-order valence-corrected chi connectivity index (χ4v) is 6.24. The average molecular weight is 428 g/mol. The second kappa shape index (κ2) is 9.92. The van der Waals surface area contributed by atoms with Crippen LogP contribution in [0.3, 0.4) is 0 Å². The summed E-state index contributed by atoms with van der Waals surface area (Å²) in [6.45, 7) is 1.12. The third-order valence-corrected chi connectivity index (χ3v) is 8.46. The minimum Gasteiger partial charge on any atom is -0.488 e. The Kier molecular flexibility index (Phi) is 6.81. The third-order valence-electron chi connectivity index (χ3n) is 8.46. The van der Waals surface area contributed by atoms with Crippen molar-refractivity contribution in [3.8, 4) is 11.6 Å². The molecule has 31 heavy (non-hydrogen) atoms. The van der Waals surface area contributed by atoms with Gasteiger partial charge >= 0.3 is 0 Å². The summed E-state index contributed by atoms with van der Waals surface area (Å²) in [7, 11) is 0. The molecule has 4 aliphatic rings. The normalized spacial score (nSPS) is 29.6. The first-order valence-electron chi connectivity index (χ1n) is 12.8. The molecule has 0 spiro atoms. The lowest BCUT2D eigenvalue weighted by atomic mass is 9.69. The van der Waals surface area contributed by atoms with Crippen molar-refractivity contribution in [2.45, 2.75) is 83.5 Å². The van der Waals surface area contributed by atoms with Crippen molar-refractivity contribution in [3.05, 3.63) is 29.7 Å². The molecule has 0 aliphatic heterocycles. The lowest BCUT2D eigenvalue weighted by Gasteiger charge is -2.37. The zero-order valence-corrected chi connectivity index (χ0v) is 18.9. The van der Waals surface area contributed by atoms with Crippen LogP contribution in [-0.4, -0.2) is 18.2 Å². The molecule has 1 aromatic rings. The molecule has 4 heteroatoms. The Morgan fingerprint density at radius 1 is 0.806 bits per heavy atom. The zero-order valence-electron chi connectivity index (χ0n) is 18.9. The molecule has 170 valence electrons. The number of nitrogens with zero attached hydrogens (tertiary/aromatic N) is 1. The minimum absolute atomic E-state index is 0.238. The van der Waals surface area contributed by atoms with E-state index in [1.54, 1.807) is 12.1 Å². The molecule has 0 bridgehead atoms. The first kappa shape index (κ1) is 21.3. The van der Waals surface area contributed by atoms with Gasteiger partial charge in [-0.2, -0.15) is 9.37 Å². The van der Waals surface area contributed by atoms with E-state index in [2.05, 4.69) is 11.1 Å². The van der Waals surface area contributed by atoms with Crippen LogP contribution in [0.25, 0.3) is 0 Å². The summed E-state index contributed by atoms with van der Waals surface area (Å²) in [6.07, 6.45) is 20.1. The maximum Gasteiger partial charge on any atom is 0.258 e.